The smallest absolute Gasteiger partial charge is 0.289 e. The number of ether oxygens (including phenoxy) is 1. The van der Waals surface area contributed by atoms with Crippen molar-refractivity contribution in [1.82, 2.24) is 0 Å². The Morgan fingerprint density at radius 1 is 1.30 bits per heavy atom. The minimum atomic E-state index is -0.618. The van der Waals surface area contributed by atoms with Crippen LogP contribution in [0.25, 0.3) is 0 Å². The Hall–Kier alpha value is -3.13. The maximum atomic E-state index is 12.6. The Kier molecular flexibility index (Phi) is 6.56. The van der Waals surface area contributed by atoms with Crippen LogP contribution < -0.4 is 15.0 Å². The summed E-state index contributed by atoms with van der Waals surface area (Å²) < 4.78 is 5.65. The van der Waals surface area contributed by atoms with E-state index in [1.165, 1.54) is 18.2 Å². The number of halogens is 1. The fourth-order valence-electron chi connectivity index (χ4n) is 3.09. The van der Waals surface area contributed by atoms with E-state index in [0.717, 1.165) is 5.75 Å². The molecule has 0 spiro atoms. The molecule has 2 aromatic carbocycles. The molecule has 0 aliphatic carbocycles. The van der Waals surface area contributed by atoms with E-state index >= 15 is 0 Å². The van der Waals surface area contributed by atoms with Crippen molar-refractivity contribution >= 4 is 40.5 Å². The van der Waals surface area contributed by atoms with Crippen LogP contribution in [0.5, 0.6) is 5.75 Å². The van der Waals surface area contributed by atoms with E-state index in [1.807, 2.05) is 0 Å². The van der Waals surface area contributed by atoms with Crippen molar-refractivity contribution in [2.75, 3.05) is 23.4 Å². The number of nitrogens with zero attached hydrogens (tertiary/aromatic N) is 2. The third-order valence-electron chi connectivity index (χ3n) is 4.64. The molecular weight excluding hydrogens is 410 g/mol. The normalized spacial score (nSPS) is 16.1. The van der Waals surface area contributed by atoms with Crippen molar-refractivity contribution in [3.63, 3.8) is 0 Å². The zero-order valence-electron chi connectivity index (χ0n) is 16.6. The van der Waals surface area contributed by atoms with E-state index in [4.69, 9.17) is 16.3 Å². The van der Waals surface area contributed by atoms with Gasteiger partial charge in [0.15, 0.2) is 0 Å². The van der Waals surface area contributed by atoms with E-state index in [0.29, 0.717) is 18.2 Å². The fraction of sp³-hybridized carbons (Fsp3) is 0.333. The van der Waals surface area contributed by atoms with Crippen LogP contribution in [-0.2, 0) is 9.59 Å². The summed E-state index contributed by atoms with van der Waals surface area (Å²) in [5, 5.41) is 13.6. The summed E-state index contributed by atoms with van der Waals surface area (Å²) in [5.74, 6) is 0.0282. The number of nitro benzene ring substituents is 1. The van der Waals surface area contributed by atoms with Crippen LogP contribution in [-0.4, -0.2) is 29.9 Å². The van der Waals surface area contributed by atoms with E-state index in [-0.39, 0.29) is 41.2 Å². The molecule has 1 aliphatic rings. The van der Waals surface area contributed by atoms with Crippen molar-refractivity contribution in [2.45, 2.75) is 20.3 Å². The van der Waals surface area contributed by atoms with Crippen LogP contribution in [0.3, 0.4) is 0 Å². The van der Waals surface area contributed by atoms with Crippen molar-refractivity contribution in [3.8, 4) is 5.75 Å². The minimum absolute atomic E-state index is 0.0129. The van der Waals surface area contributed by atoms with Crippen LogP contribution in [0.2, 0.25) is 5.02 Å². The Balaban J connectivity index is 1.64. The first-order chi connectivity index (χ1) is 14.2. The number of anilines is 2. The summed E-state index contributed by atoms with van der Waals surface area (Å²) in [6.07, 6.45) is 0.0626. The minimum Gasteiger partial charge on any atom is -0.493 e. The molecule has 9 heteroatoms. The topological polar surface area (TPSA) is 102 Å². The van der Waals surface area contributed by atoms with Crippen molar-refractivity contribution in [2.24, 2.45) is 11.8 Å². The van der Waals surface area contributed by atoms with Gasteiger partial charge in [-0.15, -0.1) is 0 Å². The van der Waals surface area contributed by atoms with Gasteiger partial charge in [0.1, 0.15) is 10.8 Å². The highest BCUT2D eigenvalue weighted by atomic mass is 35.5. The van der Waals surface area contributed by atoms with Gasteiger partial charge in [0.2, 0.25) is 11.8 Å². The lowest BCUT2D eigenvalue weighted by Gasteiger charge is -2.17. The Morgan fingerprint density at radius 3 is 2.63 bits per heavy atom. The second kappa shape index (κ2) is 9.13. The molecule has 1 atom stereocenters. The van der Waals surface area contributed by atoms with Crippen LogP contribution >= 0.6 is 11.6 Å². The highest BCUT2D eigenvalue weighted by Crippen LogP contribution is 2.30. The van der Waals surface area contributed by atoms with Crippen LogP contribution in [0.1, 0.15) is 20.3 Å². The van der Waals surface area contributed by atoms with Gasteiger partial charge < -0.3 is 15.0 Å². The zero-order valence-corrected chi connectivity index (χ0v) is 17.4. The lowest BCUT2D eigenvalue weighted by Crippen LogP contribution is -2.28. The molecule has 0 aromatic heterocycles. The molecule has 158 valence electrons. The molecule has 0 bridgehead atoms. The van der Waals surface area contributed by atoms with Crippen LogP contribution in [0.4, 0.5) is 17.1 Å². The Bertz CT molecular complexity index is 962. The molecule has 1 aliphatic heterocycles. The number of hydrogen-bond acceptors (Lipinski definition) is 5. The second-order valence-electron chi connectivity index (χ2n) is 7.52. The molecule has 0 saturated carbocycles. The number of nitrogens with one attached hydrogen (secondary N) is 1. The second-order valence-corrected chi connectivity index (χ2v) is 7.92. The molecule has 1 heterocycles. The highest BCUT2D eigenvalue weighted by Gasteiger charge is 2.35. The highest BCUT2D eigenvalue weighted by molar-refractivity contribution is 6.32. The van der Waals surface area contributed by atoms with Gasteiger partial charge in [0.05, 0.1) is 17.4 Å². The fourth-order valence-corrected chi connectivity index (χ4v) is 3.28. The number of rotatable bonds is 7. The monoisotopic (exact) mass is 431 g/mol. The van der Waals surface area contributed by atoms with Gasteiger partial charge in [-0.1, -0.05) is 25.4 Å². The number of nitro groups is 1. The molecule has 1 saturated heterocycles. The summed E-state index contributed by atoms with van der Waals surface area (Å²) in [6.45, 7) is 4.95. The first-order valence-electron chi connectivity index (χ1n) is 9.52. The van der Waals surface area contributed by atoms with Gasteiger partial charge >= 0.3 is 0 Å². The van der Waals surface area contributed by atoms with E-state index in [9.17, 15) is 19.7 Å². The molecule has 2 aromatic rings. The van der Waals surface area contributed by atoms with Gasteiger partial charge in [0.25, 0.3) is 5.69 Å². The molecule has 1 unspecified atom stereocenters. The lowest BCUT2D eigenvalue weighted by molar-refractivity contribution is -0.384. The number of amides is 2. The quantitative estimate of drug-likeness (QED) is 0.520. The molecular formula is C21H22ClN3O5. The largest absolute Gasteiger partial charge is 0.493 e. The number of carbonyl (C=O) groups excluding carboxylic acids is 2. The van der Waals surface area contributed by atoms with Gasteiger partial charge in [-0.05, 0) is 42.3 Å². The molecule has 0 radical (unpaired) electrons. The maximum absolute atomic E-state index is 12.6. The molecule has 2 amide bonds. The number of hydrogen-bond donors (Lipinski definition) is 1. The SMILES string of the molecule is CC(C)COc1ccc(N2CC(C(=O)Nc3ccc(Cl)c([N+](=O)[O-])c3)CC2=O)cc1. The summed E-state index contributed by atoms with van der Waals surface area (Å²) in [7, 11) is 0. The summed E-state index contributed by atoms with van der Waals surface area (Å²) >= 11 is 5.79. The average molecular weight is 432 g/mol. The summed E-state index contributed by atoms with van der Waals surface area (Å²) in [6, 6.07) is 11.2. The number of carbonyl (C=O) groups is 2. The first kappa shape index (κ1) is 21.6. The Labute approximate surface area is 178 Å². The van der Waals surface area contributed by atoms with Gasteiger partial charge in [-0.2, -0.15) is 0 Å². The van der Waals surface area contributed by atoms with Gasteiger partial charge in [-0.25, -0.2) is 0 Å². The third kappa shape index (κ3) is 5.07. The molecule has 1 N–H and O–H groups in total. The molecule has 3 rings (SSSR count). The van der Waals surface area contributed by atoms with Gasteiger partial charge in [-0.3, -0.25) is 19.7 Å². The van der Waals surface area contributed by atoms with Crippen LogP contribution in [0.15, 0.2) is 42.5 Å². The number of benzene rings is 2. The first-order valence-corrected chi connectivity index (χ1v) is 9.90. The summed E-state index contributed by atoms with van der Waals surface area (Å²) in [5.41, 5.74) is 0.654. The van der Waals surface area contributed by atoms with E-state index < -0.39 is 10.8 Å². The molecule has 30 heavy (non-hydrogen) atoms. The zero-order chi connectivity index (χ0) is 21.8. The van der Waals surface area contributed by atoms with Crippen molar-refractivity contribution in [3.05, 3.63) is 57.6 Å². The van der Waals surface area contributed by atoms with Crippen molar-refractivity contribution < 1.29 is 19.2 Å². The molecule has 1 fully saturated rings. The third-order valence-corrected chi connectivity index (χ3v) is 4.96. The maximum Gasteiger partial charge on any atom is 0.289 e. The van der Waals surface area contributed by atoms with Crippen molar-refractivity contribution in [1.29, 1.82) is 0 Å². The lowest BCUT2D eigenvalue weighted by atomic mass is 10.1. The van der Waals surface area contributed by atoms with E-state index in [2.05, 4.69) is 19.2 Å². The Morgan fingerprint density at radius 2 is 2.00 bits per heavy atom. The average Bonchev–Trinajstić information content (AvgIpc) is 3.10. The molecule has 8 nitrogen and oxygen atoms in total. The van der Waals surface area contributed by atoms with Gasteiger partial charge in [0, 0.05) is 30.4 Å². The predicted molar refractivity (Wildman–Crippen MR) is 114 cm³/mol. The van der Waals surface area contributed by atoms with E-state index in [1.54, 1.807) is 29.2 Å². The standard InChI is InChI=1S/C21H22ClN3O5/c1-13(2)12-30-17-6-4-16(5-7-17)24-11-14(9-20(24)26)21(27)23-15-3-8-18(22)19(10-15)25(28)29/h3-8,10,13-14H,9,11-12H2,1-2H3,(H,23,27). The summed E-state index contributed by atoms with van der Waals surface area (Å²) in [4.78, 5) is 37.0. The predicted octanol–water partition coefficient (Wildman–Crippen LogP) is 4.27. The van der Waals surface area contributed by atoms with Crippen LogP contribution in [0, 0.1) is 22.0 Å².